The van der Waals surface area contributed by atoms with E-state index in [9.17, 15) is 14.4 Å². The first-order valence-corrected chi connectivity index (χ1v) is 6.21. The molecule has 0 aliphatic carbocycles. The minimum atomic E-state index is -0.403. The van der Waals surface area contributed by atoms with Crippen molar-refractivity contribution < 1.29 is 9.18 Å². The van der Waals surface area contributed by atoms with Crippen LogP contribution in [0, 0.1) is 17.1 Å². The van der Waals surface area contributed by atoms with E-state index in [2.05, 4.69) is 0 Å². The summed E-state index contributed by atoms with van der Waals surface area (Å²) in [5.41, 5.74) is 1.08. The molecular formula is C15H17FN2O. The summed E-state index contributed by atoms with van der Waals surface area (Å²) >= 11 is 0. The molecule has 0 saturated heterocycles. The molecule has 4 heteroatoms. The largest absolute Gasteiger partial charge is 0.374 e. The van der Waals surface area contributed by atoms with Crippen molar-refractivity contribution in [3.8, 4) is 6.07 Å². The second-order valence-corrected chi connectivity index (χ2v) is 4.08. The van der Waals surface area contributed by atoms with Gasteiger partial charge in [-0.15, -0.1) is 0 Å². The van der Waals surface area contributed by atoms with Crippen LogP contribution in [0.3, 0.4) is 0 Å². The third kappa shape index (κ3) is 3.41. The first-order valence-electron chi connectivity index (χ1n) is 6.21. The average Bonchev–Trinajstić information content (AvgIpc) is 2.41. The summed E-state index contributed by atoms with van der Waals surface area (Å²) in [6.07, 6.45) is 0. The standard InChI is InChI=1S/C15H17FN2O/c1-4-18(5-2)11(3)14(10-17)15(19)12-6-8-13(16)9-7-12/h6-9H,4-5H2,1-3H3/b14-11+. The number of nitrogens with zero attached hydrogens (tertiary/aromatic N) is 2. The lowest BCUT2D eigenvalue weighted by Crippen LogP contribution is -2.23. The van der Waals surface area contributed by atoms with Crippen molar-refractivity contribution in [1.82, 2.24) is 4.90 Å². The maximum absolute atomic E-state index is 12.8. The summed E-state index contributed by atoms with van der Waals surface area (Å²) in [5, 5.41) is 9.19. The van der Waals surface area contributed by atoms with Crippen molar-refractivity contribution in [3.63, 3.8) is 0 Å². The fraction of sp³-hybridized carbons (Fsp3) is 0.333. The zero-order valence-electron chi connectivity index (χ0n) is 11.4. The van der Waals surface area contributed by atoms with Gasteiger partial charge in [-0.05, 0) is 45.0 Å². The van der Waals surface area contributed by atoms with Gasteiger partial charge in [0.15, 0.2) is 0 Å². The Hall–Kier alpha value is -2.15. The second-order valence-electron chi connectivity index (χ2n) is 4.08. The van der Waals surface area contributed by atoms with Crippen LogP contribution < -0.4 is 0 Å². The maximum atomic E-state index is 12.8. The number of nitriles is 1. The predicted molar refractivity (Wildman–Crippen MR) is 72.0 cm³/mol. The van der Waals surface area contributed by atoms with Crippen LogP contribution in [0.25, 0.3) is 0 Å². The maximum Gasteiger partial charge on any atom is 0.205 e. The number of rotatable bonds is 5. The number of Topliss-reactive ketones (excluding diaryl/α,β-unsaturated/α-hetero) is 1. The van der Waals surface area contributed by atoms with E-state index in [1.807, 2.05) is 24.8 Å². The van der Waals surface area contributed by atoms with Crippen LogP contribution >= 0.6 is 0 Å². The number of benzene rings is 1. The van der Waals surface area contributed by atoms with E-state index < -0.39 is 5.82 Å². The number of carbonyl (C=O) groups excluding carboxylic acids is 1. The SMILES string of the molecule is CCN(CC)/C(C)=C(\C#N)C(=O)c1ccc(F)cc1. The molecule has 0 aliphatic rings. The molecule has 1 rings (SSSR count). The smallest absolute Gasteiger partial charge is 0.205 e. The highest BCUT2D eigenvalue weighted by Gasteiger charge is 2.17. The zero-order valence-corrected chi connectivity index (χ0v) is 11.4. The number of carbonyl (C=O) groups is 1. The molecule has 0 bridgehead atoms. The van der Waals surface area contributed by atoms with Gasteiger partial charge in [-0.25, -0.2) is 4.39 Å². The number of ketones is 1. The molecule has 1 aromatic carbocycles. The number of allylic oxidation sites excluding steroid dienone is 2. The Morgan fingerprint density at radius 2 is 1.79 bits per heavy atom. The van der Waals surface area contributed by atoms with E-state index in [0.717, 1.165) is 13.1 Å². The quantitative estimate of drug-likeness (QED) is 0.464. The van der Waals surface area contributed by atoms with E-state index in [4.69, 9.17) is 0 Å². The highest BCUT2D eigenvalue weighted by Crippen LogP contribution is 2.15. The lowest BCUT2D eigenvalue weighted by molar-refractivity contribution is 0.103. The first kappa shape index (κ1) is 14.9. The fourth-order valence-corrected chi connectivity index (χ4v) is 1.90. The number of hydrogen-bond acceptors (Lipinski definition) is 3. The Morgan fingerprint density at radius 1 is 1.26 bits per heavy atom. The molecule has 0 atom stereocenters. The molecule has 0 unspecified atom stereocenters. The van der Waals surface area contributed by atoms with Gasteiger partial charge < -0.3 is 4.90 Å². The number of hydrogen-bond donors (Lipinski definition) is 0. The fourth-order valence-electron chi connectivity index (χ4n) is 1.90. The van der Waals surface area contributed by atoms with E-state index in [1.165, 1.54) is 24.3 Å². The van der Waals surface area contributed by atoms with Crippen LogP contribution in [-0.4, -0.2) is 23.8 Å². The normalized spacial score (nSPS) is 11.5. The van der Waals surface area contributed by atoms with E-state index in [1.54, 1.807) is 6.92 Å². The molecule has 19 heavy (non-hydrogen) atoms. The van der Waals surface area contributed by atoms with E-state index >= 15 is 0 Å². The van der Waals surface area contributed by atoms with Crippen molar-refractivity contribution >= 4 is 5.78 Å². The summed E-state index contributed by atoms with van der Waals surface area (Å²) in [6.45, 7) is 7.14. The van der Waals surface area contributed by atoms with Crippen molar-refractivity contribution in [2.45, 2.75) is 20.8 Å². The molecule has 0 aromatic heterocycles. The summed E-state index contributed by atoms with van der Waals surface area (Å²) < 4.78 is 12.8. The van der Waals surface area contributed by atoms with Gasteiger partial charge in [-0.3, -0.25) is 4.79 Å². The molecule has 0 amide bonds. The second kappa shape index (κ2) is 6.69. The molecule has 0 fully saturated rings. The first-order chi connectivity index (χ1) is 9.04. The van der Waals surface area contributed by atoms with Crippen LogP contribution in [-0.2, 0) is 0 Å². The molecular weight excluding hydrogens is 243 g/mol. The Balaban J connectivity index is 3.17. The third-order valence-electron chi connectivity index (χ3n) is 3.04. The Kier molecular flexibility index (Phi) is 5.25. The topological polar surface area (TPSA) is 44.1 Å². The molecule has 0 heterocycles. The summed E-state index contributed by atoms with van der Waals surface area (Å²) in [6, 6.07) is 7.18. The van der Waals surface area contributed by atoms with Crippen molar-refractivity contribution in [2.24, 2.45) is 0 Å². The molecule has 0 saturated carbocycles. The van der Waals surface area contributed by atoms with Gasteiger partial charge in [0.05, 0.1) is 0 Å². The molecule has 0 aliphatic heterocycles. The van der Waals surface area contributed by atoms with Crippen LogP contribution in [0.2, 0.25) is 0 Å². The summed E-state index contributed by atoms with van der Waals surface area (Å²) in [7, 11) is 0. The Labute approximate surface area is 113 Å². The molecule has 3 nitrogen and oxygen atoms in total. The van der Waals surface area contributed by atoms with Gasteiger partial charge in [-0.1, -0.05) is 0 Å². The van der Waals surface area contributed by atoms with Crippen molar-refractivity contribution in [1.29, 1.82) is 5.26 Å². The minimum absolute atomic E-state index is 0.107. The molecule has 0 radical (unpaired) electrons. The van der Waals surface area contributed by atoms with Gasteiger partial charge >= 0.3 is 0 Å². The predicted octanol–water partition coefficient (Wildman–Crippen LogP) is 3.15. The molecule has 0 spiro atoms. The third-order valence-corrected chi connectivity index (χ3v) is 3.04. The monoisotopic (exact) mass is 260 g/mol. The van der Waals surface area contributed by atoms with Gasteiger partial charge in [0.1, 0.15) is 17.5 Å². The summed E-state index contributed by atoms with van der Waals surface area (Å²) in [5.74, 6) is -0.772. The van der Waals surface area contributed by atoms with Crippen molar-refractivity contribution in [3.05, 3.63) is 46.9 Å². The Morgan fingerprint density at radius 3 is 2.21 bits per heavy atom. The van der Waals surface area contributed by atoms with Gasteiger partial charge in [0.25, 0.3) is 0 Å². The van der Waals surface area contributed by atoms with Crippen LogP contribution in [0.15, 0.2) is 35.5 Å². The van der Waals surface area contributed by atoms with E-state index in [0.29, 0.717) is 11.3 Å². The average molecular weight is 260 g/mol. The molecule has 1 aromatic rings. The zero-order chi connectivity index (χ0) is 14.4. The lowest BCUT2D eigenvalue weighted by atomic mass is 10.0. The van der Waals surface area contributed by atoms with Gasteiger partial charge in [0, 0.05) is 24.4 Å². The summed E-state index contributed by atoms with van der Waals surface area (Å²) in [4.78, 5) is 14.2. The van der Waals surface area contributed by atoms with Crippen molar-refractivity contribution in [2.75, 3.05) is 13.1 Å². The van der Waals surface area contributed by atoms with Gasteiger partial charge in [0.2, 0.25) is 5.78 Å². The minimum Gasteiger partial charge on any atom is -0.374 e. The Bertz CT molecular complexity index is 522. The van der Waals surface area contributed by atoms with Crippen LogP contribution in [0.1, 0.15) is 31.1 Å². The van der Waals surface area contributed by atoms with Gasteiger partial charge in [-0.2, -0.15) is 5.26 Å². The highest BCUT2D eigenvalue weighted by molar-refractivity contribution is 6.11. The van der Waals surface area contributed by atoms with Crippen LogP contribution in [0.5, 0.6) is 0 Å². The number of halogens is 1. The van der Waals surface area contributed by atoms with Crippen LogP contribution in [0.4, 0.5) is 4.39 Å². The highest BCUT2D eigenvalue weighted by atomic mass is 19.1. The molecule has 0 N–H and O–H groups in total. The van der Waals surface area contributed by atoms with E-state index in [-0.39, 0.29) is 11.4 Å². The lowest BCUT2D eigenvalue weighted by Gasteiger charge is -2.22. The molecule has 100 valence electrons.